The Morgan fingerprint density at radius 1 is 1.07 bits per heavy atom. The van der Waals surface area contributed by atoms with Crippen molar-refractivity contribution in [1.29, 1.82) is 5.26 Å². The van der Waals surface area contributed by atoms with Crippen molar-refractivity contribution in [2.75, 3.05) is 28.7 Å². The standard InChI is InChI=1S/C29H24ClFN4O7S2/c1-2-41-27-11-24-22(10-25(27)35-29(36)19-15-43(37,38)44(39,40)16-19)28(18(12-32)13-33-24)34-21-6-7-26(23(30)9-21)42-14-17-4-3-5-20(31)8-17/h3-11,13,19H,2,14-16H2,1H3,(H,33,34)(H,35,36). The third kappa shape index (κ3) is 6.40. The SMILES string of the molecule is CCOc1cc2ncc(C#N)c(Nc3ccc(OCc4cccc(F)c4)c(Cl)c3)c2cc1NC(=O)C1CS(=O)(=O)S(=O)(=O)C1. The first kappa shape index (κ1) is 31.0. The molecule has 2 heterocycles. The largest absolute Gasteiger partial charge is 0.492 e. The molecule has 0 bridgehead atoms. The second kappa shape index (κ2) is 12.3. The number of hydrogen-bond acceptors (Lipinski definition) is 10. The van der Waals surface area contributed by atoms with E-state index in [1.165, 1.54) is 24.4 Å². The molecule has 3 aromatic carbocycles. The first-order chi connectivity index (χ1) is 20.9. The fourth-order valence-corrected chi connectivity index (χ4v) is 9.13. The summed E-state index contributed by atoms with van der Waals surface area (Å²) in [6, 6.07) is 16.0. The third-order valence-electron chi connectivity index (χ3n) is 6.70. The molecule has 1 amide bonds. The van der Waals surface area contributed by atoms with Crippen LogP contribution in [0, 0.1) is 23.1 Å². The van der Waals surface area contributed by atoms with Crippen LogP contribution in [0.15, 0.2) is 60.8 Å². The van der Waals surface area contributed by atoms with Gasteiger partial charge in [-0.05, 0) is 48.9 Å². The second-order valence-corrected chi connectivity index (χ2v) is 16.1. The molecule has 5 rings (SSSR count). The molecule has 1 aliphatic rings. The van der Waals surface area contributed by atoms with Crippen LogP contribution in [-0.2, 0) is 29.1 Å². The zero-order valence-corrected chi connectivity index (χ0v) is 25.4. The smallest absolute Gasteiger partial charge is 0.254 e. The molecule has 0 radical (unpaired) electrons. The van der Waals surface area contributed by atoms with Crippen LogP contribution in [-0.4, -0.2) is 45.8 Å². The lowest BCUT2D eigenvalue weighted by Crippen LogP contribution is -2.26. The van der Waals surface area contributed by atoms with E-state index in [4.69, 9.17) is 21.1 Å². The van der Waals surface area contributed by atoms with Crippen molar-refractivity contribution in [2.45, 2.75) is 13.5 Å². The van der Waals surface area contributed by atoms with Crippen LogP contribution in [0.3, 0.4) is 0 Å². The Bertz CT molecular complexity index is 2020. The van der Waals surface area contributed by atoms with Gasteiger partial charge < -0.3 is 20.1 Å². The van der Waals surface area contributed by atoms with Gasteiger partial charge in [-0.1, -0.05) is 23.7 Å². The molecule has 0 atom stereocenters. The van der Waals surface area contributed by atoms with Crippen LogP contribution < -0.4 is 20.1 Å². The number of amides is 1. The summed E-state index contributed by atoms with van der Waals surface area (Å²) in [7, 11) is -8.91. The molecule has 1 saturated heterocycles. The molecule has 0 unspecified atom stereocenters. The van der Waals surface area contributed by atoms with Gasteiger partial charge in [-0.25, -0.2) is 21.2 Å². The van der Waals surface area contributed by atoms with E-state index in [1.54, 1.807) is 43.3 Å². The van der Waals surface area contributed by atoms with E-state index in [1.807, 2.05) is 0 Å². The van der Waals surface area contributed by atoms with Crippen LogP contribution >= 0.6 is 11.6 Å². The highest BCUT2D eigenvalue weighted by Gasteiger charge is 2.46. The zero-order chi connectivity index (χ0) is 31.6. The molecule has 228 valence electrons. The number of rotatable bonds is 9. The Labute approximate surface area is 256 Å². The average molecular weight is 659 g/mol. The monoisotopic (exact) mass is 658 g/mol. The van der Waals surface area contributed by atoms with Gasteiger partial charge in [-0.2, -0.15) is 5.26 Å². The number of hydrogen-bond donors (Lipinski definition) is 2. The molecule has 0 spiro atoms. The number of anilines is 3. The number of aromatic nitrogens is 1. The van der Waals surface area contributed by atoms with Gasteiger partial charge in [-0.3, -0.25) is 9.78 Å². The summed E-state index contributed by atoms with van der Waals surface area (Å²) in [5, 5.41) is 16.2. The summed E-state index contributed by atoms with van der Waals surface area (Å²) in [5.74, 6) is -3.59. The summed E-state index contributed by atoms with van der Waals surface area (Å²) in [6.07, 6.45) is 1.37. The number of fused-ring (bicyclic) bond motifs is 1. The van der Waals surface area contributed by atoms with Crippen LogP contribution in [0.2, 0.25) is 5.02 Å². The maximum Gasteiger partial charge on any atom is 0.254 e. The van der Waals surface area contributed by atoms with Gasteiger partial charge in [0.1, 0.15) is 30.0 Å². The predicted octanol–water partition coefficient (Wildman–Crippen LogP) is 4.93. The summed E-state index contributed by atoms with van der Waals surface area (Å²) in [5.41, 5.74) is 2.12. The lowest BCUT2D eigenvalue weighted by molar-refractivity contribution is -0.118. The number of nitrogens with zero attached hydrogens (tertiary/aromatic N) is 2. The van der Waals surface area contributed by atoms with Crippen molar-refractivity contribution in [3.63, 3.8) is 0 Å². The summed E-state index contributed by atoms with van der Waals surface area (Å²) >= 11 is 6.46. The summed E-state index contributed by atoms with van der Waals surface area (Å²) in [4.78, 5) is 17.3. The molecule has 0 aliphatic carbocycles. The number of nitrogens with one attached hydrogen (secondary N) is 2. The number of nitriles is 1. The quantitative estimate of drug-likeness (QED) is 0.236. The number of pyridine rings is 1. The highest BCUT2D eigenvalue weighted by atomic mass is 35.5. The zero-order valence-electron chi connectivity index (χ0n) is 23.0. The van der Waals surface area contributed by atoms with Crippen LogP contribution in [0.25, 0.3) is 10.9 Å². The van der Waals surface area contributed by atoms with E-state index in [2.05, 4.69) is 21.7 Å². The van der Waals surface area contributed by atoms with E-state index in [0.29, 0.717) is 33.6 Å². The van der Waals surface area contributed by atoms with E-state index in [0.717, 1.165) is 0 Å². The summed E-state index contributed by atoms with van der Waals surface area (Å²) in [6.45, 7) is 2.03. The van der Waals surface area contributed by atoms with Gasteiger partial charge in [0.25, 0.3) is 17.7 Å². The summed E-state index contributed by atoms with van der Waals surface area (Å²) < 4.78 is 72.8. The molecule has 11 nitrogen and oxygen atoms in total. The molecular weight excluding hydrogens is 635 g/mol. The van der Waals surface area contributed by atoms with Gasteiger partial charge >= 0.3 is 0 Å². The van der Waals surface area contributed by atoms with Gasteiger partial charge in [0.2, 0.25) is 5.91 Å². The molecule has 0 saturated carbocycles. The Morgan fingerprint density at radius 3 is 2.48 bits per heavy atom. The number of benzene rings is 3. The fourth-order valence-electron chi connectivity index (χ4n) is 4.57. The molecular formula is C29H24ClFN4O7S2. The molecule has 15 heteroatoms. The van der Waals surface area contributed by atoms with Crippen molar-refractivity contribution < 1.29 is 35.5 Å². The predicted molar refractivity (Wildman–Crippen MR) is 163 cm³/mol. The van der Waals surface area contributed by atoms with Crippen LogP contribution in [0.4, 0.5) is 21.5 Å². The highest BCUT2D eigenvalue weighted by Crippen LogP contribution is 2.38. The first-order valence-corrected chi connectivity index (χ1v) is 17.3. The van der Waals surface area contributed by atoms with Gasteiger partial charge in [0.15, 0.2) is 0 Å². The molecule has 1 fully saturated rings. The van der Waals surface area contributed by atoms with Crippen molar-refractivity contribution in [1.82, 2.24) is 4.98 Å². The lowest BCUT2D eigenvalue weighted by Gasteiger charge is -2.17. The normalized spacial score (nSPS) is 15.4. The minimum atomic E-state index is -4.45. The van der Waals surface area contributed by atoms with E-state index >= 15 is 0 Å². The Balaban J connectivity index is 1.46. The number of ether oxygens (including phenoxy) is 2. The number of halogens is 2. The highest BCUT2D eigenvalue weighted by molar-refractivity contribution is 8.67. The van der Waals surface area contributed by atoms with Gasteiger partial charge in [0.05, 0.1) is 51.5 Å². The number of carbonyl (C=O) groups is 1. The van der Waals surface area contributed by atoms with Gasteiger partial charge in [0, 0.05) is 23.3 Å². The molecule has 1 aromatic heterocycles. The topological polar surface area (TPSA) is 165 Å². The van der Waals surface area contributed by atoms with Crippen molar-refractivity contribution in [3.05, 3.63) is 82.8 Å². The van der Waals surface area contributed by atoms with Gasteiger partial charge in [-0.15, -0.1) is 0 Å². The molecule has 1 aliphatic heterocycles. The minimum absolute atomic E-state index is 0.0905. The second-order valence-electron chi connectivity index (χ2n) is 9.78. The first-order valence-electron chi connectivity index (χ1n) is 13.1. The van der Waals surface area contributed by atoms with Crippen LogP contribution in [0.1, 0.15) is 18.1 Å². The molecule has 44 heavy (non-hydrogen) atoms. The molecule has 2 N–H and O–H groups in total. The Morgan fingerprint density at radius 2 is 1.82 bits per heavy atom. The Hall–Kier alpha value is -4.45. The maximum absolute atomic E-state index is 13.5. The van der Waals surface area contributed by atoms with E-state index in [9.17, 15) is 31.3 Å². The maximum atomic E-state index is 13.5. The minimum Gasteiger partial charge on any atom is -0.492 e. The van der Waals surface area contributed by atoms with E-state index in [-0.39, 0.29) is 41.1 Å². The molecule has 4 aromatic rings. The Kier molecular flexibility index (Phi) is 8.64. The lowest BCUT2D eigenvalue weighted by atomic mass is 10.1. The average Bonchev–Trinajstić information content (AvgIpc) is 3.19. The van der Waals surface area contributed by atoms with Crippen LogP contribution in [0.5, 0.6) is 11.5 Å². The van der Waals surface area contributed by atoms with E-state index < -0.39 is 41.1 Å². The van der Waals surface area contributed by atoms with Crippen molar-refractivity contribution >= 4 is 63.2 Å². The fraction of sp³-hybridized carbons (Fsp3) is 0.207. The van der Waals surface area contributed by atoms with Crippen molar-refractivity contribution in [3.8, 4) is 17.6 Å². The van der Waals surface area contributed by atoms with Crippen molar-refractivity contribution in [2.24, 2.45) is 5.92 Å². The number of carbonyl (C=O) groups excluding carboxylic acids is 1. The third-order valence-corrected chi connectivity index (χ3v) is 12.5.